The van der Waals surface area contributed by atoms with Crippen LogP contribution in [-0.4, -0.2) is 28.9 Å². The molecule has 0 bridgehead atoms. The molecule has 0 saturated carbocycles. The van der Waals surface area contributed by atoms with Crippen LogP contribution in [0.4, 0.5) is 0 Å². The maximum Gasteiger partial charge on any atom is 0.271 e. The third-order valence-electron chi connectivity index (χ3n) is 4.01. The van der Waals surface area contributed by atoms with Gasteiger partial charge in [0.2, 0.25) is 0 Å². The summed E-state index contributed by atoms with van der Waals surface area (Å²) in [5.41, 5.74) is 8.39. The zero-order valence-electron chi connectivity index (χ0n) is 13.9. The number of hydrogen-bond acceptors (Lipinski definition) is 5. The lowest BCUT2D eigenvalue weighted by Gasteiger charge is -2.15. The molecule has 25 heavy (non-hydrogen) atoms. The fourth-order valence-electron chi connectivity index (χ4n) is 2.82. The Morgan fingerprint density at radius 2 is 1.96 bits per heavy atom. The van der Waals surface area contributed by atoms with E-state index >= 15 is 0 Å². The summed E-state index contributed by atoms with van der Waals surface area (Å²) in [4.78, 5) is 18.8. The molecule has 0 spiro atoms. The van der Waals surface area contributed by atoms with Gasteiger partial charge in [0.1, 0.15) is 10.7 Å². The van der Waals surface area contributed by atoms with E-state index < -0.39 is 0 Å². The van der Waals surface area contributed by atoms with Crippen LogP contribution in [0, 0.1) is 0 Å². The second kappa shape index (κ2) is 10.7. The minimum absolute atomic E-state index is 0. The molecular formula is C17H24Cl2N4OS. The number of carbonyl (C=O) groups excluding carboxylic acids is 1. The number of carbonyl (C=O) groups is 1. The van der Waals surface area contributed by atoms with Gasteiger partial charge in [-0.2, -0.15) is 0 Å². The molecule has 0 radical (unpaired) electrons. The maximum atomic E-state index is 12.1. The second-order valence-corrected chi connectivity index (χ2v) is 6.76. The van der Waals surface area contributed by atoms with Crippen molar-refractivity contribution >= 4 is 42.1 Å². The molecule has 3 rings (SSSR count). The number of halogens is 2. The number of nitrogens with zero attached hydrogens (tertiary/aromatic N) is 2. The highest BCUT2D eigenvalue weighted by Gasteiger charge is 2.12. The molecule has 2 aromatic rings. The summed E-state index contributed by atoms with van der Waals surface area (Å²) in [5.74, 6) is -0.147. The summed E-state index contributed by atoms with van der Waals surface area (Å²) in [6.45, 7) is 4.26. The molecule has 0 aliphatic carbocycles. The van der Waals surface area contributed by atoms with Crippen molar-refractivity contribution in [2.45, 2.75) is 32.5 Å². The molecular weight excluding hydrogens is 379 g/mol. The van der Waals surface area contributed by atoms with E-state index in [0.29, 0.717) is 18.8 Å². The molecule has 138 valence electrons. The summed E-state index contributed by atoms with van der Waals surface area (Å²) in [5, 5.41) is 5.46. The van der Waals surface area contributed by atoms with Gasteiger partial charge < -0.3 is 11.1 Å². The Labute approximate surface area is 164 Å². The zero-order valence-corrected chi connectivity index (χ0v) is 16.4. The first-order valence-electron chi connectivity index (χ1n) is 7.97. The molecule has 1 saturated heterocycles. The number of thiazole rings is 1. The van der Waals surface area contributed by atoms with Crippen LogP contribution in [0.1, 0.15) is 39.5 Å². The summed E-state index contributed by atoms with van der Waals surface area (Å²) in [6, 6.07) is 8.42. The van der Waals surface area contributed by atoms with Crippen molar-refractivity contribution in [3.05, 3.63) is 51.5 Å². The third kappa shape index (κ3) is 6.24. The Morgan fingerprint density at radius 3 is 2.64 bits per heavy atom. The van der Waals surface area contributed by atoms with Crippen molar-refractivity contribution in [2.75, 3.05) is 13.1 Å². The molecule has 1 fully saturated rings. The number of nitrogens with one attached hydrogen (secondary N) is 1. The van der Waals surface area contributed by atoms with Crippen LogP contribution in [-0.2, 0) is 19.6 Å². The van der Waals surface area contributed by atoms with Gasteiger partial charge in [0.25, 0.3) is 5.91 Å². The van der Waals surface area contributed by atoms with E-state index in [9.17, 15) is 4.79 Å². The molecule has 5 nitrogen and oxygen atoms in total. The Bertz CT molecular complexity index is 674. The second-order valence-electron chi connectivity index (χ2n) is 5.82. The third-order valence-corrected chi connectivity index (χ3v) is 4.88. The van der Waals surface area contributed by atoms with E-state index in [4.69, 9.17) is 5.73 Å². The lowest BCUT2D eigenvalue weighted by molar-refractivity contribution is 0.0946. The zero-order chi connectivity index (χ0) is 16.1. The van der Waals surface area contributed by atoms with Crippen molar-refractivity contribution in [1.29, 1.82) is 0 Å². The first kappa shape index (κ1) is 21.9. The van der Waals surface area contributed by atoms with Crippen LogP contribution in [0.5, 0.6) is 0 Å². The number of rotatable bonds is 6. The van der Waals surface area contributed by atoms with Crippen LogP contribution < -0.4 is 11.1 Å². The first-order valence-corrected chi connectivity index (χ1v) is 8.85. The van der Waals surface area contributed by atoms with Gasteiger partial charge >= 0.3 is 0 Å². The van der Waals surface area contributed by atoms with E-state index in [1.165, 1.54) is 42.8 Å². The van der Waals surface area contributed by atoms with Crippen LogP contribution in [0.2, 0.25) is 0 Å². The fourth-order valence-corrected chi connectivity index (χ4v) is 3.47. The minimum Gasteiger partial charge on any atom is -0.347 e. The number of benzene rings is 1. The number of amides is 1. The largest absolute Gasteiger partial charge is 0.347 e. The topological polar surface area (TPSA) is 71.2 Å². The van der Waals surface area contributed by atoms with Gasteiger partial charge in [-0.05, 0) is 37.1 Å². The average molecular weight is 403 g/mol. The number of aromatic nitrogens is 1. The summed E-state index contributed by atoms with van der Waals surface area (Å²) in [7, 11) is 0. The minimum atomic E-state index is -0.147. The molecule has 8 heteroatoms. The normalized spacial score (nSPS) is 13.8. The van der Waals surface area contributed by atoms with Crippen molar-refractivity contribution in [1.82, 2.24) is 15.2 Å². The quantitative estimate of drug-likeness (QED) is 0.778. The molecule has 1 aliphatic rings. The van der Waals surface area contributed by atoms with Crippen molar-refractivity contribution in [2.24, 2.45) is 5.73 Å². The van der Waals surface area contributed by atoms with E-state index in [1.54, 1.807) is 5.38 Å². The summed E-state index contributed by atoms with van der Waals surface area (Å²) in [6.07, 6.45) is 2.60. The predicted octanol–water partition coefficient (Wildman–Crippen LogP) is 2.97. The standard InChI is InChI=1S/C17H22N4OS.2ClH/c18-9-16-20-15(12-23-16)17(22)19-10-13-4-3-5-14(8-13)11-21-6-1-2-7-21;;/h3-5,8,12H,1-2,6-7,9-11,18H2,(H,19,22);2*1H. The predicted molar refractivity (Wildman–Crippen MR) is 107 cm³/mol. The van der Waals surface area contributed by atoms with Gasteiger partial charge in [-0.15, -0.1) is 36.2 Å². The number of likely N-dealkylation sites (tertiary alicyclic amines) is 1. The van der Waals surface area contributed by atoms with Crippen molar-refractivity contribution in [3.63, 3.8) is 0 Å². The molecule has 2 heterocycles. The van der Waals surface area contributed by atoms with Crippen LogP contribution in [0.25, 0.3) is 0 Å². The van der Waals surface area contributed by atoms with Crippen LogP contribution in [0.3, 0.4) is 0 Å². The first-order chi connectivity index (χ1) is 11.2. The van der Waals surface area contributed by atoms with Crippen LogP contribution in [0.15, 0.2) is 29.6 Å². The Hall–Kier alpha value is -1.18. The number of hydrogen-bond donors (Lipinski definition) is 2. The average Bonchev–Trinajstić information content (AvgIpc) is 3.24. The van der Waals surface area contributed by atoms with Crippen molar-refractivity contribution in [3.8, 4) is 0 Å². The van der Waals surface area contributed by atoms with Gasteiger partial charge in [0.15, 0.2) is 0 Å². The lowest BCUT2D eigenvalue weighted by Crippen LogP contribution is -2.23. The Morgan fingerprint density at radius 1 is 1.24 bits per heavy atom. The molecule has 3 N–H and O–H groups in total. The van der Waals surface area contributed by atoms with E-state index in [0.717, 1.165) is 17.1 Å². The molecule has 0 atom stereocenters. The Kier molecular flexibility index (Phi) is 9.38. The van der Waals surface area contributed by atoms with Gasteiger partial charge in [-0.3, -0.25) is 9.69 Å². The number of nitrogens with two attached hydrogens (primary N) is 1. The highest BCUT2D eigenvalue weighted by atomic mass is 35.5. The highest BCUT2D eigenvalue weighted by molar-refractivity contribution is 7.09. The monoisotopic (exact) mass is 402 g/mol. The smallest absolute Gasteiger partial charge is 0.271 e. The lowest BCUT2D eigenvalue weighted by atomic mass is 10.1. The molecule has 1 aliphatic heterocycles. The molecule has 1 aromatic heterocycles. The molecule has 0 unspecified atom stereocenters. The SMILES string of the molecule is Cl.Cl.NCc1nc(C(=O)NCc2cccc(CN3CCCC3)c2)cs1. The van der Waals surface area contributed by atoms with E-state index in [2.05, 4.69) is 33.4 Å². The van der Waals surface area contributed by atoms with E-state index in [1.807, 2.05) is 6.07 Å². The van der Waals surface area contributed by atoms with E-state index in [-0.39, 0.29) is 30.7 Å². The maximum absolute atomic E-state index is 12.1. The molecule has 1 amide bonds. The highest BCUT2D eigenvalue weighted by Crippen LogP contribution is 2.14. The summed E-state index contributed by atoms with van der Waals surface area (Å²) >= 11 is 1.42. The van der Waals surface area contributed by atoms with Crippen molar-refractivity contribution < 1.29 is 4.79 Å². The van der Waals surface area contributed by atoms with Crippen LogP contribution >= 0.6 is 36.2 Å². The summed E-state index contributed by atoms with van der Waals surface area (Å²) < 4.78 is 0. The fraction of sp³-hybridized carbons (Fsp3) is 0.412. The van der Waals surface area contributed by atoms with Gasteiger partial charge in [-0.25, -0.2) is 4.98 Å². The molecule has 1 aromatic carbocycles. The van der Waals surface area contributed by atoms with Gasteiger partial charge in [0.05, 0.1) is 0 Å². The van der Waals surface area contributed by atoms with Gasteiger partial charge in [-0.1, -0.05) is 24.3 Å². The Balaban J connectivity index is 0.00000156. The van der Waals surface area contributed by atoms with Gasteiger partial charge in [0, 0.05) is 25.0 Å².